The van der Waals surface area contributed by atoms with Gasteiger partial charge in [0.1, 0.15) is 12.2 Å². The molecule has 2 fully saturated rings. The second-order valence-corrected chi connectivity index (χ2v) is 5.84. The molecule has 1 aromatic rings. The average Bonchev–Trinajstić information content (AvgIpc) is 2.89. The molecule has 0 bridgehead atoms. The van der Waals surface area contributed by atoms with Gasteiger partial charge in [-0.05, 0) is 31.1 Å². The summed E-state index contributed by atoms with van der Waals surface area (Å²) >= 11 is 0. The van der Waals surface area contributed by atoms with Crippen LogP contribution in [0.15, 0.2) is 6.33 Å². The zero-order valence-corrected chi connectivity index (χ0v) is 10.5. The van der Waals surface area contributed by atoms with E-state index in [1.54, 1.807) is 6.33 Å². The van der Waals surface area contributed by atoms with Gasteiger partial charge in [-0.3, -0.25) is 4.79 Å². The molecule has 1 N–H and O–H groups in total. The minimum atomic E-state index is -0.686. The molecule has 5 nitrogen and oxygen atoms in total. The molecule has 3 rings (SSSR count). The van der Waals surface area contributed by atoms with Crippen LogP contribution >= 0.6 is 0 Å². The van der Waals surface area contributed by atoms with Crippen molar-refractivity contribution in [3.05, 3.63) is 12.2 Å². The number of aromatic nitrogens is 3. The molecular weight excluding hydrogens is 230 g/mol. The molecule has 1 heterocycles. The maximum Gasteiger partial charge on any atom is 0.303 e. The first kappa shape index (κ1) is 11.7. The van der Waals surface area contributed by atoms with E-state index in [4.69, 9.17) is 5.11 Å². The molecule has 0 amide bonds. The molecule has 98 valence electrons. The van der Waals surface area contributed by atoms with Crippen LogP contribution in [-0.2, 0) is 11.2 Å². The summed E-state index contributed by atoms with van der Waals surface area (Å²) in [6.45, 7) is 0. The normalized spacial score (nSPS) is 22.2. The summed E-state index contributed by atoms with van der Waals surface area (Å²) in [6, 6.07) is 0.568. The largest absolute Gasteiger partial charge is 0.481 e. The van der Waals surface area contributed by atoms with Crippen molar-refractivity contribution in [3.8, 4) is 0 Å². The van der Waals surface area contributed by atoms with Crippen LogP contribution in [0.2, 0.25) is 0 Å². The third-order valence-corrected chi connectivity index (χ3v) is 4.31. The van der Waals surface area contributed by atoms with Gasteiger partial charge in [-0.2, -0.15) is 0 Å². The first-order valence-electron chi connectivity index (χ1n) is 6.79. The van der Waals surface area contributed by atoms with Gasteiger partial charge in [-0.15, -0.1) is 10.2 Å². The fraction of sp³-hybridized carbons (Fsp3) is 0.769. The number of hydrogen-bond donors (Lipinski definition) is 1. The quantitative estimate of drug-likeness (QED) is 0.868. The van der Waals surface area contributed by atoms with Gasteiger partial charge in [0, 0.05) is 12.5 Å². The predicted molar refractivity (Wildman–Crippen MR) is 65.2 cm³/mol. The van der Waals surface area contributed by atoms with E-state index >= 15 is 0 Å². The van der Waals surface area contributed by atoms with Crippen LogP contribution in [0.25, 0.3) is 0 Å². The first-order valence-corrected chi connectivity index (χ1v) is 6.79. The van der Waals surface area contributed by atoms with Gasteiger partial charge >= 0.3 is 5.97 Å². The Bertz CT molecular complexity index is 445. The maximum absolute atomic E-state index is 11.1. The Hall–Kier alpha value is -1.39. The van der Waals surface area contributed by atoms with E-state index in [1.165, 1.54) is 12.8 Å². The van der Waals surface area contributed by atoms with Gasteiger partial charge in [-0.1, -0.05) is 12.8 Å². The van der Waals surface area contributed by atoms with E-state index in [0.29, 0.717) is 6.04 Å². The summed E-state index contributed by atoms with van der Waals surface area (Å²) in [5, 5.41) is 17.3. The van der Waals surface area contributed by atoms with Crippen LogP contribution < -0.4 is 0 Å². The number of carboxylic acids is 1. The van der Waals surface area contributed by atoms with E-state index in [-0.39, 0.29) is 11.8 Å². The third kappa shape index (κ3) is 2.26. The van der Waals surface area contributed by atoms with E-state index in [9.17, 15) is 4.79 Å². The van der Waals surface area contributed by atoms with Gasteiger partial charge in [0.05, 0.1) is 6.42 Å². The van der Waals surface area contributed by atoms with Gasteiger partial charge in [0.25, 0.3) is 0 Å². The molecule has 0 radical (unpaired) electrons. The van der Waals surface area contributed by atoms with Crippen molar-refractivity contribution in [1.29, 1.82) is 0 Å². The Balaban J connectivity index is 1.79. The fourth-order valence-corrected chi connectivity index (χ4v) is 3.25. The summed E-state index contributed by atoms with van der Waals surface area (Å²) in [6.07, 6.45) is 9.56. The van der Waals surface area contributed by atoms with Gasteiger partial charge in [0.15, 0.2) is 0 Å². The molecule has 1 aromatic heterocycles. The lowest BCUT2D eigenvalue weighted by Gasteiger charge is -2.26. The second-order valence-electron chi connectivity index (χ2n) is 5.84. The van der Waals surface area contributed by atoms with Crippen molar-refractivity contribution in [1.82, 2.24) is 14.8 Å². The summed E-state index contributed by atoms with van der Waals surface area (Å²) < 4.78 is 2.15. The van der Waals surface area contributed by atoms with Crippen molar-refractivity contribution in [2.24, 2.45) is 5.41 Å². The Labute approximate surface area is 106 Å². The van der Waals surface area contributed by atoms with Crippen molar-refractivity contribution in [2.45, 2.75) is 57.4 Å². The zero-order valence-electron chi connectivity index (χ0n) is 10.5. The lowest BCUT2D eigenvalue weighted by atomic mass is 9.79. The van der Waals surface area contributed by atoms with Crippen LogP contribution in [0.3, 0.4) is 0 Å². The van der Waals surface area contributed by atoms with E-state index in [0.717, 1.165) is 37.9 Å². The third-order valence-electron chi connectivity index (χ3n) is 4.31. The molecular formula is C13H19N3O2. The highest BCUT2D eigenvalue weighted by Gasteiger charge is 2.38. The minimum absolute atomic E-state index is 0.0779. The molecule has 0 spiro atoms. The second kappa shape index (κ2) is 4.37. The van der Waals surface area contributed by atoms with Crippen molar-refractivity contribution in [3.63, 3.8) is 0 Å². The van der Waals surface area contributed by atoms with Crippen LogP contribution in [0.5, 0.6) is 0 Å². The Morgan fingerprint density at radius 3 is 2.78 bits per heavy atom. The number of hydrogen-bond acceptors (Lipinski definition) is 3. The number of rotatable bonds is 5. The van der Waals surface area contributed by atoms with Crippen molar-refractivity contribution < 1.29 is 9.90 Å². The van der Waals surface area contributed by atoms with Crippen LogP contribution in [-0.4, -0.2) is 25.8 Å². The number of carbonyl (C=O) groups is 1. The highest BCUT2D eigenvalue weighted by atomic mass is 16.4. The number of nitrogens with zero attached hydrogens (tertiary/aromatic N) is 3. The molecule has 18 heavy (non-hydrogen) atoms. The molecule has 0 atom stereocenters. The average molecular weight is 249 g/mol. The van der Waals surface area contributed by atoms with E-state index < -0.39 is 5.97 Å². The predicted octanol–water partition coefficient (Wildman–Crippen LogP) is 2.19. The van der Waals surface area contributed by atoms with Crippen molar-refractivity contribution >= 4 is 5.97 Å². The van der Waals surface area contributed by atoms with Crippen molar-refractivity contribution in [2.75, 3.05) is 0 Å². The lowest BCUT2D eigenvalue weighted by Crippen LogP contribution is -2.25. The highest BCUT2D eigenvalue weighted by Crippen LogP contribution is 2.44. The molecule has 0 aliphatic heterocycles. The van der Waals surface area contributed by atoms with Gasteiger partial charge < -0.3 is 9.67 Å². The standard InChI is InChI=1S/C13H19N3O2/c17-12(18)8-13(5-1-2-6-13)7-11-15-14-9-16(11)10-3-4-10/h9-10H,1-8H2,(H,17,18). The number of carboxylic acid groups (broad SMARTS) is 1. The van der Waals surface area contributed by atoms with Gasteiger partial charge in [0.2, 0.25) is 0 Å². The SMILES string of the molecule is O=C(O)CC1(Cc2nncn2C2CC2)CCCC1. The topological polar surface area (TPSA) is 68.0 Å². The maximum atomic E-state index is 11.1. The molecule has 0 unspecified atom stereocenters. The Kier molecular flexibility index (Phi) is 2.84. The summed E-state index contributed by atoms with van der Waals surface area (Å²) in [7, 11) is 0. The molecule has 0 aromatic carbocycles. The van der Waals surface area contributed by atoms with Crippen LogP contribution in [0, 0.1) is 5.41 Å². The Morgan fingerprint density at radius 1 is 1.44 bits per heavy atom. The molecule has 2 aliphatic rings. The zero-order chi connectivity index (χ0) is 12.6. The summed E-state index contributed by atoms with van der Waals surface area (Å²) in [5.74, 6) is 0.301. The fourth-order valence-electron chi connectivity index (χ4n) is 3.25. The molecule has 5 heteroatoms. The first-order chi connectivity index (χ1) is 8.69. The highest BCUT2D eigenvalue weighted by molar-refractivity contribution is 5.67. The molecule has 0 saturated heterocycles. The van der Waals surface area contributed by atoms with Crippen LogP contribution in [0.1, 0.15) is 56.8 Å². The Morgan fingerprint density at radius 2 is 2.17 bits per heavy atom. The van der Waals surface area contributed by atoms with Gasteiger partial charge in [-0.25, -0.2) is 0 Å². The molecule has 2 aliphatic carbocycles. The minimum Gasteiger partial charge on any atom is -0.481 e. The number of aliphatic carboxylic acids is 1. The summed E-state index contributed by atoms with van der Waals surface area (Å²) in [5.41, 5.74) is -0.0779. The van der Waals surface area contributed by atoms with E-state index in [1.807, 2.05) is 0 Å². The lowest BCUT2D eigenvalue weighted by molar-refractivity contribution is -0.139. The summed E-state index contributed by atoms with van der Waals surface area (Å²) in [4.78, 5) is 11.1. The van der Waals surface area contributed by atoms with Crippen LogP contribution in [0.4, 0.5) is 0 Å². The van der Waals surface area contributed by atoms with E-state index in [2.05, 4.69) is 14.8 Å². The monoisotopic (exact) mass is 249 g/mol. The smallest absolute Gasteiger partial charge is 0.303 e. The molecule has 2 saturated carbocycles.